The summed E-state index contributed by atoms with van der Waals surface area (Å²) in [6, 6.07) is 7.61. The summed E-state index contributed by atoms with van der Waals surface area (Å²) in [6.45, 7) is 8.32. The Morgan fingerprint density at radius 2 is 1.88 bits per heavy atom. The fraction of sp³-hybridized carbons (Fsp3) is 0.333. The molecule has 3 nitrogen and oxygen atoms in total. The van der Waals surface area contributed by atoms with Crippen molar-refractivity contribution in [3.63, 3.8) is 0 Å². The Labute approximate surface area is 163 Å². The molecule has 0 atom stereocenters. The SMILES string of the molecule is CCCc1sc2nc(C)c(C(=O)OCC)c(-c3ccc(Cl)cc3)c2c1C. The van der Waals surface area contributed by atoms with E-state index in [1.807, 2.05) is 38.1 Å². The van der Waals surface area contributed by atoms with Gasteiger partial charge in [-0.15, -0.1) is 11.3 Å². The van der Waals surface area contributed by atoms with Gasteiger partial charge in [-0.25, -0.2) is 9.78 Å². The molecule has 0 saturated heterocycles. The van der Waals surface area contributed by atoms with Crippen molar-refractivity contribution < 1.29 is 9.53 Å². The largest absolute Gasteiger partial charge is 0.462 e. The number of rotatable bonds is 5. The average molecular weight is 388 g/mol. The van der Waals surface area contributed by atoms with E-state index in [9.17, 15) is 4.79 Å². The minimum absolute atomic E-state index is 0.327. The van der Waals surface area contributed by atoms with Crippen molar-refractivity contribution in [1.82, 2.24) is 4.98 Å². The van der Waals surface area contributed by atoms with E-state index < -0.39 is 0 Å². The Morgan fingerprint density at radius 3 is 2.50 bits per heavy atom. The second kappa shape index (κ2) is 7.77. The Kier molecular flexibility index (Phi) is 5.64. The van der Waals surface area contributed by atoms with E-state index in [-0.39, 0.29) is 5.97 Å². The fourth-order valence-corrected chi connectivity index (χ4v) is 4.72. The number of benzene rings is 1. The standard InChI is InChI=1S/C21H22ClNO2S/c1-5-7-16-12(3)17-19(14-8-10-15(22)11-9-14)18(21(24)25-6-2)13(4)23-20(17)26-16/h8-11H,5-7H2,1-4H3. The van der Waals surface area contributed by atoms with Gasteiger partial charge in [0, 0.05) is 20.8 Å². The first kappa shape index (κ1) is 18.9. The maximum atomic E-state index is 12.7. The smallest absolute Gasteiger partial charge is 0.340 e. The molecule has 136 valence electrons. The lowest BCUT2D eigenvalue weighted by atomic mass is 9.94. The highest BCUT2D eigenvalue weighted by Crippen LogP contribution is 2.41. The number of fused-ring (bicyclic) bond motifs is 1. The third-order valence-electron chi connectivity index (χ3n) is 4.45. The molecule has 0 aliphatic rings. The minimum Gasteiger partial charge on any atom is -0.462 e. The minimum atomic E-state index is -0.327. The maximum Gasteiger partial charge on any atom is 0.340 e. The summed E-state index contributed by atoms with van der Waals surface area (Å²) in [5.74, 6) is -0.327. The summed E-state index contributed by atoms with van der Waals surface area (Å²) in [5, 5.41) is 1.72. The van der Waals surface area contributed by atoms with Crippen LogP contribution in [0.3, 0.4) is 0 Å². The molecule has 0 bridgehead atoms. The molecule has 0 spiro atoms. The molecule has 1 aromatic carbocycles. The molecule has 3 aromatic rings. The van der Waals surface area contributed by atoms with Crippen LogP contribution in [-0.4, -0.2) is 17.6 Å². The van der Waals surface area contributed by atoms with Gasteiger partial charge in [-0.1, -0.05) is 37.1 Å². The molecule has 5 heteroatoms. The molecule has 0 amide bonds. The summed E-state index contributed by atoms with van der Waals surface area (Å²) in [7, 11) is 0. The number of esters is 1. The van der Waals surface area contributed by atoms with Gasteiger partial charge in [0.1, 0.15) is 4.83 Å². The van der Waals surface area contributed by atoms with Crippen LogP contribution in [0.25, 0.3) is 21.3 Å². The predicted molar refractivity (Wildman–Crippen MR) is 109 cm³/mol. The molecule has 2 heterocycles. The number of carbonyl (C=O) groups excluding carboxylic acids is 1. The quantitative estimate of drug-likeness (QED) is 0.478. The Morgan fingerprint density at radius 1 is 1.19 bits per heavy atom. The van der Waals surface area contributed by atoms with E-state index in [1.165, 1.54) is 10.4 Å². The van der Waals surface area contributed by atoms with E-state index in [2.05, 4.69) is 13.8 Å². The number of aromatic nitrogens is 1. The summed E-state index contributed by atoms with van der Waals surface area (Å²) in [5.41, 5.74) is 4.31. The van der Waals surface area contributed by atoms with Crippen LogP contribution in [0.15, 0.2) is 24.3 Å². The highest BCUT2D eigenvalue weighted by molar-refractivity contribution is 7.19. The van der Waals surface area contributed by atoms with Gasteiger partial charge in [-0.2, -0.15) is 0 Å². The number of nitrogens with zero attached hydrogens (tertiary/aromatic N) is 1. The van der Waals surface area contributed by atoms with Crippen molar-refractivity contribution in [1.29, 1.82) is 0 Å². The average Bonchev–Trinajstić information content (AvgIpc) is 2.90. The number of pyridine rings is 1. The monoisotopic (exact) mass is 387 g/mol. The van der Waals surface area contributed by atoms with Gasteiger partial charge in [0.25, 0.3) is 0 Å². The molecule has 0 N–H and O–H groups in total. The molecule has 3 rings (SSSR count). The van der Waals surface area contributed by atoms with Gasteiger partial charge in [0.15, 0.2) is 0 Å². The number of hydrogen-bond acceptors (Lipinski definition) is 4. The van der Waals surface area contributed by atoms with E-state index in [0.29, 0.717) is 22.9 Å². The Bertz CT molecular complexity index is 961. The first-order chi connectivity index (χ1) is 12.5. The van der Waals surface area contributed by atoms with E-state index >= 15 is 0 Å². The summed E-state index contributed by atoms with van der Waals surface area (Å²) < 4.78 is 5.34. The second-order valence-electron chi connectivity index (χ2n) is 6.25. The zero-order valence-electron chi connectivity index (χ0n) is 15.5. The topological polar surface area (TPSA) is 39.2 Å². The van der Waals surface area contributed by atoms with Crippen LogP contribution in [0.4, 0.5) is 0 Å². The molecule has 0 unspecified atom stereocenters. The van der Waals surface area contributed by atoms with Gasteiger partial charge in [-0.05, 0) is 50.5 Å². The van der Waals surface area contributed by atoms with Crippen molar-refractivity contribution in [2.75, 3.05) is 6.61 Å². The van der Waals surface area contributed by atoms with Crippen molar-refractivity contribution >= 4 is 39.1 Å². The van der Waals surface area contributed by atoms with Gasteiger partial charge in [0.05, 0.1) is 17.9 Å². The molecular formula is C21H22ClNO2S. The van der Waals surface area contributed by atoms with Crippen LogP contribution in [0, 0.1) is 13.8 Å². The number of aryl methyl sites for hydroxylation is 3. The fourth-order valence-electron chi connectivity index (χ4n) is 3.26. The zero-order valence-corrected chi connectivity index (χ0v) is 17.1. The molecule has 0 radical (unpaired) electrons. The number of ether oxygens (including phenoxy) is 1. The van der Waals surface area contributed by atoms with Gasteiger partial charge < -0.3 is 4.74 Å². The summed E-state index contributed by atoms with van der Waals surface area (Å²) in [6.07, 6.45) is 2.09. The molecule has 2 aromatic heterocycles. The van der Waals surface area contributed by atoms with Crippen molar-refractivity contribution in [2.24, 2.45) is 0 Å². The molecule has 0 fully saturated rings. The number of hydrogen-bond donors (Lipinski definition) is 0. The lowest BCUT2D eigenvalue weighted by Crippen LogP contribution is -2.10. The molecule has 0 aliphatic carbocycles. The highest BCUT2D eigenvalue weighted by Gasteiger charge is 2.24. The second-order valence-corrected chi connectivity index (χ2v) is 7.78. The predicted octanol–water partition coefficient (Wildman–Crippen LogP) is 6.36. The van der Waals surface area contributed by atoms with E-state index in [4.69, 9.17) is 21.3 Å². The molecule has 0 saturated carbocycles. The normalized spacial score (nSPS) is 11.1. The lowest BCUT2D eigenvalue weighted by Gasteiger charge is -2.14. The third-order valence-corrected chi connectivity index (χ3v) is 5.95. The van der Waals surface area contributed by atoms with Crippen LogP contribution < -0.4 is 0 Å². The van der Waals surface area contributed by atoms with Crippen LogP contribution >= 0.6 is 22.9 Å². The van der Waals surface area contributed by atoms with Crippen molar-refractivity contribution in [3.05, 3.63) is 51.0 Å². The molecule has 26 heavy (non-hydrogen) atoms. The van der Waals surface area contributed by atoms with Crippen molar-refractivity contribution in [3.8, 4) is 11.1 Å². The lowest BCUT2D eigenvalue weighted by molar-refractivity contribution is 0.0526. The molecular weight excluding hydrogens is 366 g/mol. The van der Waals surface area contributed by atoms with Crippen LogP contribution in [0.2, 0.25) is 5.02 Å². The van der Waals surface area contributed by atoms with E-state index in [1.54, 1.807) is 11.3 Å². The Balaban J connectivity index is 2.39. The first-order valence-electron chi connectivity index (χ1n) is 8.83. The number of halogens is 1. The summed E-state index contributed by atoms with van der Waals surface area (Å²) >= 11 is 7.79. The van der Waals surface area contributed by atoms with Crippen LogP contribution in [0.5, 0.6) is 0 Å². The zero-order chi connectivity index (χ0) is 18.8. The first-order valence-corrected chi connectivity index (χ1v) is 10.0. The van der Waals surface area contributed by atoms with Gasteiger partial charge in [-0.3, -0.25) is 0 Å². The summed E-state index contributed by atoms with van der Waals surface area (Å²) in [4.78, 5) is 19.8. The van der Waals surface area contributed by atoms with Gasteiger partial charge in [0.2, 0.25) is 0 Å². The third kappa shape index (κ3) is 3.36. The van der Waals surface area contributed by atoms with E-state index in [0.717, 1.165) is 34.2 Å². The van der Waals surface area contributed by atoms with Gasteiger partial charge >= 0.3 is 5.97 Å². The number of thiophene rings is 1. The Hall–Kier alpha value is -1.91. The van der Waals surface area contributed by atoms with Crippen molar-refractivity contribution in [2.45, 2.75) is 40.5 Å². The van der Waals surface area contributed by atoms with Crippen LogP contribution in [0.1, 0.15) is 46.8 Å². The highest BCUT2D eigenvalue weighted by atomic mass is 35.5. The maximum absolute atomic E-state index is 12.7. The van der Waals surface area contributed by atoms with Crippen LogP contribution in [-0.2, 0) is 11.2 Å². The number of carbonyl (C=O) groups is 1. The molecule has 0 aliphatic heterocycles.